The average Bonchev–Trinajstić information content (AvgIpc) is 3.39. The molecule has 6 nitrogen and oxygen atoms in total. The van der Waals surface area contributed by atoms with E-state index in [0.717, 1.165) is 17.4 Å². The van der Waals surface area contributed by atoms with E-state index in [1.165, 1.54) is 43.9 Å². The smallest absolute Gasteiger partial charge is 0.242 e. The number of hydrogen-bond acceptors (Lipinski definition) is 6. The van der Waals surface area contributed by atoms with E-state index in [9.17, 15) is 13.2 Å². The summed E-state index contributed by atoms with van der Waals surface area (Å²) in [6.45, 7) is 3.05. The van der Waals surface area contributed by atoms with Crippen LogP contribution < -0.4 is 5.32 Å². The Hall–Kier alpha value is -1.58. The third-order valence-corrected chi connectivity index (χ3v) is 7.80. The molecule has 28 heavy (non-hydrogen) atoms. The van der Waals surface area contributed by atoms with Gasteiger partial charge in [0.15, 0.2) is 5.78 Å². The molecule has 1 aromatic heterocycles. The lowest BCUT2D eigenvalue weighted by atomic mass is 10.1. The highest BCUT2D eigenvalue weighted by atomic mass is 32.2. The summed E-state index contributed by atoms with van der Waals surface area (Å²) in [6, 6.07) is 10.7. The van der Waals surface area contributed by atoms with Gasteiger partial charge in [-0.2, -0.15) is 0 Å². The molecule has 8 heteroatoms. The van der Waals surface area contributed by atoms with Gasteiger partial charge in [0.2, 0.25) is 10.0 Å². The molecule has 2 aromatic rings. The molecule has 0 saturated carbocycles. The van der Waals surface area contributed by atoms with Crippen molar-refractivity contribution >= 4 is 27.1 Å². The highest BCUT2D eigenvalue weighted by molar-refractivity contribution is 7.89. The van der Waals surface area contributed by atoms with Gasteiger partial charge in [-0.25, -0.2) is 12.7 Å². The first-order valence-electron chi connectivity index (χ1n) is 9.43. The Kier molecular flexibility index (Phi) is 7.00. The molecule has 2 heterocycles. The maximum absolute atomic E-state index is 12.6. The van der Waals surface area contributed by atoms with E-state index in [1.54, 1.807) is 23.5 Å². The number of carbonyl (C=O) groups is 1. The molecule has 0 bridgehead atoms. The highest BCUT2D eigenvalue weighted by Gasteiger charge is 2.24. The monoisotopic (exact) mass is 421 g/mol. The second-order valence-corrected chi connectivity index (χ2v) is 10.3. The minimum atomic E-state index is -3.55. The summed E-state index contributed by atoms with van der Waals surface area (Å²) in [5.41, 5.74) is 0.407. The van der Waals surface area contributed by atoms with E-state index in [1.807, 2.05) is 0 Å². The molecule has 0 aliphatic carbocycles. The van der Waals surface area contributed by atoms with E-state index in [4.69, 9.17) is 0 Å². The van der Waals surface area contributed by atoms with Crippen LogP contribution in [0.3, 0.4) is 0 Å². The number of thiophene rings is 1. The SMILES string of the molecule is CN(C)S(=O)(=O)c1cccc(C(=O)CNCC(c2cccs2)N2CCCC2)c1. The van der Waals surface area contributed by atoms with Crippen LogP contribution in [0.25, 0.3) is 0 Å². The fraction of sp³-hybridized carbons (Fsp3) is 0.450. The lowest BCUT2D eigenvalue weighted by Gasteiger charge is -2.27. The van der Waals surface area contributed by atoms with Gasteiger partial charge in [-0.05, 0) is 49.5 Å². The zero-order valence-electron chi connectivity index (χ0n) is 16.3. The number of hydrogen-bond donors (Lipinski definition) is 1. The van der Waals surface area contributed by atoms with Gasteiger partial charge >= 0.3 is 0 Å². The van der Waals surface area contributed by atoms with Crippen molar-refractivity contribution in [2.24, 2.45) is 0 Å². The highest BCUT2D eigenvalue weighted by Crippen LogP contribution is 2.27. The summed E-state index contributed by atoms with van der Waals surface area (Å²) in [7, 11) is -0.591. The van der Waals surface area contributed by atoms with Gasteiger partial charge in [-0.3, -0.25) is 9.69 Å². The molecular weight excluding hydrogens is 394 g/mol. The second-order valence-electron chi connectivity index (χ2n) is 7.14. The number of carbonyl (C=O) groups excluding carboxylic acids is 1. The van der Waals surface area contributed by atoms with Gasteiger partial charge in [0, 0.05) is 31.1 Å². The number of nitrogens with zero attached hydrogens (tertiary/aromatic N) is 2. The van der Waals surface area contributed by atoms with Crippen LogP contribution in [0.1, 0.15) is 34.1 Å². The molecule has 1 atom stereocenters. The molecule has 0 spiro atoms. The van der Waals surface area contributed by atoms with Crippen LogP contribution in [0.15, 0.2) is 46.7 Å². The predicted molar refractivity (Wildman–Crippen MR) is 112 cm³/mol. The van der Waals surface area contributed by atoms with E-state index in [2.05, 4.69) is 27.7 Å². The first-order chi connectivity index (χ1) is 13.4. The summed E-state index contributed by atoms with van der Waals surface area (Å²) >= 11 is 1.74. The third-order valence-electron chi connectivity index (χ3n) is 5.01. The van der Waals surface area contributed by atoms with Crippen LogP contribution >= 0.6 is 11.3 Å². The first-order valence-corrected chi connectivity index (χ1v) is 11.8. The van der Waals surface area contributed by atoms with E-state index >= 15 is 0 Å². The van der Waals surface area contributed by atoms with Crippen molar-refractivity contribution in [3.05, 3.63) is 52.2 Å². The Morgan fingerprint density at radius 2 is 1.96 bits per heavy atom. The molecule has 3 rings (SSSR count). The van der Waals surface area contributed by atoms with Crippen molar-refractivity contribution in [2.45, 2.75) is 23.8 Å². The van der Waals surface area contributed by atoms with Crippen LogP contribution in [0.5, 0.6) is 0 Å². The number of ketones is 1. The molecule has 1 N–H and O–H groups in total. The zero-order valence-corrected chi connectivity index (χ0v) is 17.9. The summed E-state index contributed by atoms with van der Waals surface area (Å²) < 4.78 is 25.7. The molecular formula is C20H27N3O3S2. The third kappa shape index (κ3) is 4.87. The lowest BCUT2D eigenvalue weighted by molar-refractivity contribution is 0.0987. The molecule has 0 radical (unpaired) electrons. The topological polar surface area (TPSA) is 69.7 Å². The molecule has 1 saturated heterocycles. The van der Waals surface area contributed by atoms with Gasteiger partial charge in [0.1, 0.15) is 0 Å². The fourth-order valence-electron chi connectivity index (χ4n) is 3.41. The van der Waals surface area contributed by atoms with E-state index in [0.29, 0.717) is 12.1 Å². The van der Waals surface area contributed by atoms with Crippen molar-refractivity contribution in [2.75, 3.05) is 40.3 Å². The van der Waals surface area contributed by atoms with Gasteiger partial charge in [0.25, 0.3) is 0 Å². The Morgan fingerprint density at radius 3 is 2.61 bits per heavy atom. The second kappa shape index (κ2) is 9.28. The zero-order chi connectivity index (χ0) is 20.1. The molecule has 1 fully saturated rings. The summed E-state index contributed by atoms with van der Waals surface area (Å²) in [5, 5.41) is 5.37. The van der Waals surface area contributed by atoms with E-state index < -0.39 is 10.0 Å². The van der Waals surface area contributed by atoms with E-state index in [-0.39, 0.29) is 23.3 Å². The fourth-order valence-corrected chi connectivity index (χ4v) is 5.22. The maximum Gasteiger partial charge on any atom is 0.242 e. The number of Topliss-reactive ketones (excluding diaryl/α,β-unsaturated/α-hetero) is 1. The van der Waals surface area contributed by atoms with Crippen LogP contribution in [-0.2, 0) is 10.0 Å². The largest absolute Gasteiger partial charge is 0.308 e. The Morgan fingerprint density at radius 1 is 1.21 bits per heavy atom. The minimum absolute atomic E-state index is 0.109. The van der Waals surface area contributed by atoms with Crippen molar-refractivity contribution in [1.82, 2.24) is 14.5 Å². The number of nitrogens with one attached hydrogen (secondary N) is 1. The summed E-state index contributed by atoms with van der Waals surface area (Å²) in [4.78, 5) is 16.5. The number of rotatable bonds is 9. The van der Waals surface area contributed by atoms with Crippen molar-refractivity contribution in [3.63, 3.8) is 0 Å². The Balaban J connectivity index is 1.63. The maximum atomic E-state index is 12.6. The average molecular weight is 422 g/mol. The molecule has 1 aliphatic heterocycles. The van der Waals surface area contributed by atoms with Crippen LogP contribution in [0.4, 0.5) is 0 Å². The quantitative estimate of drug-likeness (QED) is 0.631. The Bertz CT molecular complexity index is 889. The molecule has 152 valence electrons. The minimum Gasteiger partial charge on any atom is -0.308 e. The van der Waals surface area contributed by atoms with Crippen LogP contribution in [0, 0.1) is 0 Å². The van der Waals surface area contributed by atoms with Gasteiger partial charge in [0.05, 0.1) is 17.5 Å². The van der Waals surface area contributed by atoms with Gasteiger partial charge in [-0.15, -0.1) is 11.3 Å². The number of sulfonamides is 1. The van der Waals surface area contributed by atoms with Crippen molar-refractivity contribution in [1.29, 1.82) is 0 Å². The standard InChI is InChI=1S/C20H27N3O3S2/c1-22(2)28(25,26)17-8-5-7-16(13-17)19(24)15-21-14-18(20-9-6-12-27-20)23-10-3-4-11-23/h5-9,12-13,18,21H,3-4,10-11,14-15H2,1-2H3. The molecule has 1 aliphatic rings. The van der Waals surface area contributed by atoms with Crippen molar-refractivity contribution < 1.29 is 13.2 Å². The van der Waals surface area contributed by atoms with Crippen LogP contribution in [0.2, 0.25) is 0 Å². The Labute approximate surface area is 171 Å². The van der Waals surface area contributed by atoms with Gasteiger partial charge < -0.3 is 5.32 Å². The number of likely N-dealkylation sites (tertiary alicyclic amines) is 1. The predicted octanol–water partition coefficient (Wildman–Crippen LogP) is 2.61. The van der Waals surface area contributed by atoms with Crippen LogP contribution in [-0.4, -0.2) is 63.7 Å². The number of benzene rings is 1. The molecule has 1 unspecified atom stereocenters. The normalized spacial score (nSPS) is 16.5. The first kappa shape index (κ1) is 21.1. The van der Waals surface area contributed by atoms with Gasteiger partial charge in [-0.1, -0.05) is 18.2 Å². The summed E-state index contributed by atoms with van der Waals surface area (Å²) in [5.74, 6) is -0.109. The molecule has 1 aromatic carbocycles. The molecule has 0 amide bonds. The summed E-state index contributed by atoms with van der Waals surface area (Å²) in [6.07, 6.45) is 2.43. The van der Waals surface area contributed by atoms with Crippen molar-refractivity contribution in [3.8, 4) is 0 Å². The lowest BCUT2D eigenvalue weighted by Crippen LogP contribution is -2.35.